The SMILES string of the molecule is O=C(NO)c1cc(F)c2c(c1)C[C@@H]1CCC3(CCCCC3)CN1C2. The van der Waals surface area contributed by atoms with Gasteiger partial charge in [0.15, 0.2) is 0 Å². The molecule has 0 aromatic heterocycles. The van der Waals surface area contributed by atoms with Gasteiger partial charge in [-0.1, -0.05) is 19.3 Å². The molecule has 4 nitrogen and oxygen atoms in total. The van der Waals surface area contributed by atoms with E-state index in [0.717, 1.165) is 30.5 Å². The van der Waals surface area contributed by atoms with Crippen LogP contribution in [0.25, 0.3) is 0 Å². The van der Waals surface area contributed by atoms with Gasteiger partial charge in [-0.3, -0.25) is 14.9 Å². The Balaban J connectivity index is 1.59. The Hall–Kier alpha value is -1.46. The molecule has 2 heterocycles. The Morgan fingerprint density at radius 1 is 1.25 bits per heavy atom. The van der Waals surface area contributed by atoms with Crippen molar-refractivity contribution in [2.75, 3.05) is 6.54 Å². The van der Waals surface area contributed by atoms with Crippen molar-refractivity contribution in [3.63, 3.8) is 0 Å². The number of benzene rings is 1. The molecule has 5 heteroatoms. The van der Waals surface area contributed by atoms with Gasteiger partial charge in [-0.25, -0.2) is 9.87 Å². The largest absolute Gasteiger partial charge is 0.295 e. The van der Waals surface area contributed by atoms with Crippen LogP contribution in [-0.2, 0) is 13.0 Å². The summed E-state index contributed by atoms with van der Waals surface area (Å²) >= 11 is 0. The second-order valence-corrected chi connectivity index (χ2v) is 7.90. The molecule has 1 aromatic carbocycles. The van der Waals surface area contributed by atoms with Gasteiger partial charge in [0, 0.05) is 30.3 Å². The van der Waals surface area contributed by atoms with Crippen molar-refractivity contribution in [1.29, 1.82) is 0 Å². The van der Waals surface area contributed by atoms with E-state index in [1.807, 2.05) is 0 Å². The lowest BCUT2D eigenvalue weighted by molar-refractivity contribution is 0.00476. The fourth-order valence-corrected chi connectivity index (χ4v) is 5.13. The van der Waals surface area contributed by atoms with E-state index in [2.05, 4.69) is 4.90 Å². The van der Waals surface area contributed by atoms with Crippen molar-refractivity contribution in [2.24, 2.45) is 5.41 Å². The Labute approximate surface area is 142 Å². The average molecular weight is 332 g/mol. The Morgan fingerprint density at radius 2 is 2.04 bits per heavy atom. The molecule has 1 saturated carbocycles. The van der Waals surface area contributed by atoms with E-state index < -0.39 is 5.91 Å². The predicted octanol–water partition coefficient (Wildman–Crippen LogP) is 3.42. The maximum absolute atomic E-state index is 14.5. The summed E-state index contributed by atoms with van der Waals surface area (Å²) in [5.41, 5.74) is 3.90. The highest BCUT2D eigenvalue weighted by Gasteiger charge is 2.42. The molecule has 2 fully saturated rings. The molecule has 130 valence electrons. The molecular formula is C19H25FN2O2. The first-order valence-electron chi connectivity index (χ1n) is 9.10. The van der Waals surface area contributed by atoms with Crippen LogP contribution < -0.4 is 5.48 Å². The second-order valence-electron chi connectivity index (χ2n) is 7.90. The monoisotopic (exact) mass is 332 g/mol. The van der Waals surface area contributed by atoms with Crippen LogP contribution >= 0.6 is 0 Å². The maximum Gasteiger partial charge on any atom is 0.274 e. The van der Waals surface area contributed by atoms with E-state index in [9.17, 15) is 9.18 Å². The number of hydroxylamine groups is 1. The van der Waals surface area contributed by atoms with Crippen LogP contribution in [0.2, 0.25) is 0 Å². The molecule has 2 N–H and O–H groups in total. The fraction of sp³-hybridized carbons (Fsp3) is 0.632. The number of carbonyl (C=O) groups is 1. The fourth-order valence-electron chi connectivity index (χ4n) is 5.13. The zero-order valence-electron chi connectivity index (χ0n) is 14.0. The summed E-state index contributed by atoms with van der Waals surface area (Å²) in [6.45, 7) is 1.74. The molecule has 1 aromatic rings. The van der Waals surface area contributed by atoms with Gasteiger partial charge in [-0.2, -0.15) is 0 Å². The summed E-state index contributed by atoms with van der Waals surface area (Å²) < 4.78 is 14.5. The molecule has 1 saturated heterocycles. The summed E-state index contributed by atoms with van der Waals surface area (Å²) in [7, 11) is 0. The van der Waals surface area contributed by atoms with E-state index in [-0.39, 0.29) is 11.4 Å². The summed E-state index contributed by atoms with van der Waals surface area (Å²) in [4.78, 5) is 14.1. The number of nitrogens with one attached hydrogen (secondary N) is 1. The summed E-state index contributed by atoms with van der Waals surface area (Å²) in [6.07, 6.45) is 9.92. The highest BCUT2D eigenvalue weighted by atomic mass is 19.1. The zero-order chi connectivity index (χ0) is 16.7. The van der Waals surface area contributed by atoms with Crippen LogP contribution in [0.15, 0.2) is 12.1 Å². The lowest BCUT2D eigenvalue weighted by atomic mass is 9.67. The second kappa shape index (κ2) is 6.12. The number of hydrogen-bond donors (Lipinski definition) is 2. The van der Waals surface area contributed by atoms with Gasteiger partial charge in [0.2, 0.25) is 0 Å². The normalized spacial score (nSPS) is 25.8. The molecule has 3 aliphatic rings. The molecule has 4 rings (SSSR count). The highest BCUT2D eigenvalue weighted by molar-refractivity contribution is 5.93. The summed E-state index contributed by atoms with van der Waals surface area (Å²) in [6, 6.07) is 3.44. The Kier molecular flexibility index (Phi) is 4.09. The number of nitrogens with zero attached hydrogens (tertiary/aromatic N) is 1. The number of hydrogen-bond acceptors (Lipinski definition) is 3. The number of piperidine rings is 1. The molecule has 1 amide bonds. The summed E-state index contributed by atoms with van der Waals surface area (Å²) in [5.74, 6) is -0.975. The molecule has 0 bridgehead atoms. The van der Waals surface area contributed by atoms with Gasteiger partial charge in [0.25, 0.3) is 5.91 Å². The Bertz CT molecular complexity index is 655. The van der Waals surface area contributed by atoms with E-state index in [1.54, 1.807) is 11.5 Å². The van der Waals surface area contributed by atoms with Crippen molar-refractivity contribution >= 4 is 5.91 Å². The number of halogens is 1. The van der Waals surface area contributed by atoms with E-state index in [1.165, 1.54) is 44.6 Å². The van der Waals surface area contributed by atoms with E-state index >= 15 is 0 Å². The molecule has 1 atom stereocenters. The number of amides is 1. The highest BCUT2D eigenvalue weighted by Crippen LogP contribution is 2.46. The van der Waals surface area contributed by atoms with Crippen molar-refractivity contribution in [1.82, 2.24) is 10.4 Å². The first-order valence-corrected chi connectivity index (χ1v) is 9.10. The van der Waals surface area contributed by atoms with Crippen molar-refractivity contribution in [3.8, 4) is 0 Å². The minimum Gasteiger partial charge on any atom is -0.295 e. The third-order valence-corrected chi connectivity index (χ3v) is 6.45. The third-order valence-electron chi connectivity index (χ3n) is 6.45. The van der Waals surface area contributed by atoms with Gasteiger partial charge >= 0.3 is 0 Å². The van der Waals surface area contributed by atoms with Crippen LogP contribution in [-0.4, -0.2) is 28.6 Å². The molecule has 0 unspecified atom stereocenters. The molecule has 24 heavy (non-hydrogen) atoms. The minimum absolute atomic E-state index is 0.196. The predicted molar refractivity (Wildman–Crippen MR) is 88.3 cm³/mol. The van der Waals surface area contributed by atoms with Crippen LogP contribution in [0.3, 0.4) is 0 Å². The van der Waals surface area contributed by atoms with Crippen LogP contribution in [0.1, 0.15) is 66.4 Å². The average Bonchev–Trinajstić information content (AvgIpc) is 2.60. The first-order chi connectivity index (χ1) is 11.6. The van der Waals surface area contributed by atoms with Crippen molar-refractivity contribution in [2.45, 2.75) is 64.0 Å². The molecule has 0 radical (unpaired) electrons. The maximum atomic E-state index is 14.5. The van der Waals surface area contributed by atoms with E-state index in [4.69, 9.17) is 5.21 Å². The lowest BCUT2D eigenvalue weighted by Crippen LogP contribution is -2.52. The lowest BCUT2D eigenvalue weighted by Gasteiger charge is -2.51. The van der Waals surface area contributed by atoms with Crippen molar-refractivity contribution < 1.29 is 14.4 Å². The van der Waals surface area contributed by atoms with Gasteiger partial charge < -0.3 is 0 Å². The minimum atomic E-state index is -0.649. The van der Waals surface area contributed by atoms with Crippen LogP contribution in [0, 0.1) is 11.2 Å². The first kappa shape index (κ1) is 16.0. The van der Waals surface area contributed by atoms with E-state index in [0.29, 0.717) is 18.0 Å². The quantitative estimate of drug-likeness (QED) is 0.612. The molecular weight excluding hydrogens is 307 g/mol. The Morgan fingerprint density at radius 3 is 2.79 bits per heavy atom. The zero-order valence-corrected chi connectivity index (χ0v) is 14.0. The van der Waals surface area contributed by atoms with Gasteiger partial charge in [0.1, 0.15) is 5.82 Å². The standard InChI is InChI=1S/C19H25FN2O2/c20-17-10-14(18(23)21-24)8-13-9-15-4-7-19(5-2-1-3-6-19)12-22(15)11-16(13)17/h8,10,15,24H,1-7,9,11-12H2,(H,21,23)/t15-/m0/s1. The van der Waals surface area contributed by atoms with Crippen LogP contribution in [0.4, 0.5) is 4.39 Å². The van der Waals surface area contributed by atoms with Gasteiger partial charge in [-0.15, -0.1) is 0 Å². The number of carbonyl (C=O) groups excluding carboxylic acids is 1. The van der Waals surface area contributed by atoms with Gasteiger partial charge in [0.05, 0.1) is 0 Å². The summed E-state index contributed by atoms with van der Waals surface area (Å²) in [5, 5.41) is 8.78. The molecule has 1 spiro atoms. The van der Waals surface area contributed by atoms with Gasteiger partial charge in [-0.05, 0) is 55.2 Å². The molecule has 1 aliphatic carbocycles. The topological polar surface area (TPSA) is 52.6 Å². The number of rotatable bonds is 1. The number of fused-ring (bicyclic) bond motifs is 2. The van der Waals surface area contributed by atoms with Crippen LogP contribution in [0.5, 0.6) is 0 Å². The smallest absolute Gasteiger partial charge is 0.274 e. The molecule has 2 aliphatic heterocycles. The third kappa shape index (κ3) is 2.74. The van der Waals surface area contributed by atoms with Crippen molar-refractivity contribution in [3.05, 3.63) is 34.6 Å².